The lowest BCUT2D eigenvalue weighted by atomic mass is 10.2. The zero-order valence-corrected chi connectivity index (χ0v) is 8.01. The fraction of sp³-hybridized carbons (Fsp3) is 0.400. The third-order valence-corrected chi connectivity index (χ3v) is 3.08. The van der Waals surface area contributed by atoms with Crippen LogP contribution >= 0.6 is 11.6 Å². The van der Waals surface area contributed by atoms with Crippen LogP contribution in [0.2, 0.25) is 5.02 Å². The summed E-state index contributed by atoms with van der Waals surface area (Å²) < 4.78 is 0. The molecule has 1 fully saturated rings. The molecule has 1 N–H and O–H groups in total. The molecule has 0 aliphatic carbocycles. The molecule has 3 heteroatoms. The summed E-state index contributed by atoms with van der Waals surface area (Å²) in [5.74, 6) is 0. The topological polar surface area (TPSA) is 15.3 Å². The molecule has 0 radical (unpaired) electrons. The van der Waals surface area contributed by atoms with E-state index in [9.17, 15) is 0 Å². The van der Waals surface area contributed by atoms with Crippen molar-refractivity contribution in [3.05, 3.63) is 23.2 Å². The molecule has 2 bridgehead atoms. The van der Waals surface area contributed by atoms with Gasteiger partial charge in [0.15, 0.2) is 0 Å². The standard InChI is InChI=1S/C10H11ClN2/c11-7-1-2-9-10(5-7)13-4-3-8(6-13)12-9/h1-2,5,8,12H,3-4,6H2. The van der Waals surface area contributed by atoms with Crippen LogP contribution in [0.15, 0.2) is 18.2 Å². The monoisotopic (exact) mass is 194 g/mol. The molecule has 2 aliphatic heterocycles. The molecule has 13 heavy (non-hydrogen) atoms. The number of nitrogens with zero attached hydrogens (tertiary/aromatic N) is 1. The van der Waals surface area contributed by atoms with Crippen molar-refractivity contribution in [1.29, 1.82) is 0 Å². The maximum absolute atomic E-state index is 5.96. The minimum absolute atomic E-state index is 0.647. The average Bonchev–Trinajstić information content (AvgIpc) is 2.51. The van der Waals surface area contributed by atoms with E-state index in [-0.39, 0.29) is 0 Å². The molecular weight excluding hydrogens is 184 g/mol. The first-order chi connectivity index (χ1) is 6.33. The van der Waals surface area contributed by atoms with Gasteiger partial charge >= 0.3 is 0 Å². The summed E-state index contributed by atoms with van der Waals surface area (Å²) in [6.45, 7) is 2.29. The largest absolute Gasteiger partial charge is 0.379 e. The van der Waals surface area contributed by atoms with Gasteiger partial charge in [-0.05, 0) is 24.6 Å². The van der Waals surface area contributed by atoms with E-state index in [0.717, 1.165) is 18.1 Å². The zero-order chi connectivity index (χ0) is 8.84. The molecular formula is C10H11ClN2. The molecule has 0 spiro atoms. The van der Waals surface area contributed by atoms with Crippen LogP contribution in [-0.4, -0.2) is 19.1 Å². The third kappa shape index (κ3) is 1.09. The Hall–Kier alpha value is -0.890. The van der Waals surface area contributed by atoms with Gasteiger partial charge in [-0.3, -0.25) is 0 Å². The number of fused-ring (bicyclic) bond motifs is 4. The van der Waals surface area contributed by atoms with Crippen molar-refractivity contribution in [2.75, 3.05) is 23.3 Å². The highest BCUT2D eigenvalue weighted by atomic mass is 35.5. The molecule has 1 unspecified atom stereocenters. The van der Waals surface area contributed by atoms with Crippen LogP contribution in [0, 0.1) is 0 Å². The second kappa shape index (κ2) is 2.55. The van der Waals surface area contributed by atoms with E-state index in [1.54, 1.807) is 0 Å². The minimum atomic E-state index is 0.647. The predicted octanol–water partition coefficient (Wildman–Crippen LogP) is 2.34. The first kappa shape index (κ1) is 7.51. The van der Waals surface area contributed by atoms with Crippen LogP contribution in [0.5, 0.6) is 0 Å². The Balaban J connectivity index is 2.12. The van der Waals surface area contributed by atoms with Gasteiger partial charge in [0.1, 0.15) is 0 Å². The first-order valence-electron chi connectivity index (χ1n) is 4.64. The van der Waals surface area contributed by atoms with Crippen LogP contribution < -0.4 is 10.2 Å². The summed E-state index contributed by atoms with van der Waals surface area (Å²) in [5, 5.41) is 4.34. The van der Waals surface area contributed by atoms with E-state index in [2.05, 4.69) is 16.3 Å². The van der Waals surface area contributed by atoms with Crippen molar-refractivity contribution >= 4 is 23.0 Å². The molecule has 68 valence electrons. The Bertz CT molecular complexity index is 351. The second-order valence-corrected chi connectivity index (χ2v) is 4.17. The van der Waals surface area contributed by atoms with Crippen LogP contribution in [0.25, 0.3) is 0 Å². The molecule has 0 saturated carbocycles. The highest BCUT2D eigenvalue weighted by Crippen LogP contribution is 2.36. The molecule has 0 amide bonds. The fourth-order valence-corrected chi connectivity index (χ4v) is 2.37. The van der Waals surface area contributed by atoms with Gasteiger partial charge in [0.2, 0.25) is 0 Å². The van der Waals surface area contributed by atoms with Gasteiger partial charge < -0.3 is 10.2 Å². The number of hydrogen-bond acceptors (Lipinski definition) is 2. The number of rotatable bonds is 0. The number of nitrogens with one attached hydrogen (secondary N) is 1. The highest BCUT2D eigenvalue weighted by Gasteiger charge is 2.29. The van der Waals surface area contributed by atoms with E-state index in [1.807, 2.05) is 12.1 Å². The lowest BCUT2D eigenvalue weighted by molar-refractivity contribution is 0.796. The summed E-state index contributed by atoms with van der Waals surface area (Å²) in [5.41, 5.74) is 2.50. The van der Waals surface area contributed by atoms with Gasteiger partial charge in [-0.15, -0.1) is 0 Å². The third-order valence-electron chi connectivity index (χ3n) is 2.85. The molecule has 3 rings (SSSR count). The highest BCUT2D eigenvalue weighted by molar-refractivity contribution is 6.31. The molecule has 1 atom stereocenters. The quantitative estimate of drug-likeness (QED) is 0.682. The normalized spacial score (nSPS) is 24.1. The first-order valence-corrected chi connectivity index (χ1v) is 5.02. The summed E-state index contributed by atoms with van der Waals surface area (Å²) in [4.78, 5) is 2.41. The van der Waals surface area contributed by atoms with Crippen LogP contribution in [-0.2, 0) is 0 Å². The maximum atomic E-state index is 5.96. The van der Waals surface area contributed by atoms with E-state index in [1.165, 1.54) is 17.8 Å². The van der Waals surface area contributed by atoms with Crippen molar-refractivity contribution in [2.45, 2.75) is 12.5 Å². The van der Waals surface area contributed by atoms with E-state index >= 15 is 0 Å². The van der Waals surface area contributed by atoms with Gasteiger partial charge in [-0.2, -0.15) is 0 Å². The summed E-state index contributed by atoms with van der Waals surface area (Å²) in [7, 11) is 0. The van der Waals surface area contributed by atoms with Gasteiger partial charge in [0, 0.05) is 24.2 Å². The van der Waals surface area contributed by atoms with E-state index in [0.29, 0.717) is 6.04 Å². The Morgan fingerprint density at radius 3 is 3.31 bits per heavy atom. The zero-order valence-electron chi connectivity index (χ0n) is 7.26. The van der Waals surface area contributed by atoms with E-state index < -0.39 is 0 Å². The summed E-state index contributed by atoms with van der Waals surface area (Å²) >= 11 is 5.96. The average molecular weight is 195 g/mol. The number of benzene rings is 1. The van der Waals surface area contributed by atoms with Gasteiger partial charge in [-0.25, -0.2) is 0 Å². The van der Waals surface area contributed by atoms with E-state index in [4.69, 9.17) is 11.6 Å². The molecule has 2 heterocycles. The Morgan fingerprint density at radius 2 is 2.38 bits per heavy atom. The van der Waals surface area contributed by atoms with Crippen LogP contribution in [0.4, 0.5) is 11.4 Å². The number of hydrogen-bond donors (Lipinski definition) is 1. The molecule has 1 saturated heterocycles. The fourth-order valence-electron chi connectivity index (χ4n) is 2.21. The second-order valence-electron chi connectivity index (χ2n) is 3.74. The van der Waals surface area contributed by atoms with Crippen molar-refractivity contribution in [2.24, 2.45) is 0 Å². The minimum Gasteiger partial charge on any atom is -0.379 e. The molecule has 2 aliphatic rings. The smallest absolute Gasteiger partial charge is 0.0617 e. The van der Waals surface area contributed by atoms with Crippen molar-refractivity contribution in [3.8, 4) is 0 Å². The van der Waals surface area contributed by atoms with Gasteiger partial charge in [0.05, 0.1) is 11.4 Å². The Morgan fingerprint density at radius 1 is 1.46 bits per heavy atom. The SMILES string of the molecule is Clc1ccc2c(c1)N1CCC(C1)N2. The maximum Gasteiger partial charge on any atom is 0.0617 e. The lowest BCUT2D eigenvalue weighted by Gasteiger charge is -2.28. The van der Waals surface area contributed by atoms with Crippen LogP contribution in [0.1, 0.15) is 6.42 Å². The predicted molar refractivity (Wildman–Crippen MR) is 55.7 cm³/mol. The molecule has 1 aromatic carbocycles. The van der Waals surface area contributed by atoms with Gasteiger partial charge in [0.25, 0.3) is 0 Å². The number of anilines is 2. The molecule has 2 nitrogen and oxygen atoms in total. The van der Waals surface area contributed by atoms with Crippen molar-refractivity contribution < 1.29 is 0 Å². The van der Waals surface area contributed by atoms with Crippen molar-refractivity contribution in [1.82, 2.24) is 0 Å². The Kier molecular flexibility index (Phi) is 1.47. The number of halogens is 1. The molecule has 0 aromatic heterocycles. The lowest BCUT2D eigenvalue weighted by Crippen LogP contribution is -2.31. The van der Waals surface area contributed by atoms with Crippen LogP contribution in [0.3, 0.4) is 0 Å². The van der Waals surface area contributed by atoms with Gasteiger partial charge in [-0.1, -0.05) is 11.6 Å². The molecule has 1 aromatic rings. The van der Waals surface area contributed by atoms with Crippen molar-refractivity contribution in [3.63, 3.8) is 0 Å². The summed E-state index contributed by atoms with van der Waals surface area (Å²) in [6, 6.07) is 6.71. The Labute approximate surface area is 82.5 Å². The summed E-state index contributed by atoms with van der Waals surface area (Å²) in [6.07, 6.45) is 1.24.